The molecule has 0 heterocycles. The summed E-state index contributed by atoms with van der Waals surface area (Å²) < 4.78 is 4.86. The van der Waals surface area contributed by atoms with Gasteiger partial charge in [-0.05, 0) is 6.42 Å². The first-order valence-electron chi connectivity index (χ1n) is 2.93. The van der Waals surface area contributed by atoms with Crippen molar-refractivity contribution in [3.05, 3.63) is 0 Å². The number of carbonyl (C=O) groups is 1. The Morgan fingerprint density at radius 2 is 2.22 bits per heavy atom. The minimum Gasteiger partial charge on any atom is -0.374 e. The molecule has 0 aliphatic rings. The second-order valence-corrected chi connectivity index (χ2v) is 1.60. The molecule has 2 nitrogen and oxygen atoms in total. The van der Waals surface area contributed by atoms with E-state index >= 15 is 0 Å². The molecule has 3 heteroatoms. The van der Waals surface area contributed by atoms with E-state index in [-0.39, 0.29) is 24.0 Å². The predicted octanol–water partition coefficient (Wildman–Crippen LogP) is -0.182. The van der Waals surface area contributed by atoms with E-state index < -0.39 is 0 Å². The highest BCUT2D eigenvalue weighted by Gasteiger charge is 1.81. The molecule has 0 atom stereocenters. The van der Waals surface area contributed by atoms with Gasteiger partial charge >= 0.3 is 0 Å². The van der Waals surface area contributed by atoms with Crippen LogP contribution in [0.15, 0.2) is 0 Å². The van der Waals surface area contributed by atoms with Gasteiger partial charge in [0.1, 0.15) is 12.9 Å². The van der Waals surface area contributed by atoms with E-state index in [0.29, 0.717) is 0 Å². The molecular formula is C6H15AlO2. The number of hydrogen-bond donors (Lipinski definition) is 0. The van der Waals surface area contributed by atoms with E-state index in [9.17, 15) is 4.79 Å². The topological polar surface area (TPSA) is 26.3 Å². The quantitative estimate of drug-likeness (QED) is 0.305. The molecule has 0 saturated heterocycles. The van der Waals surface area contributed by atoms with E-state index in [2.05, 4.69) is 6.92 Å². The summed E-state index contributed by atoms with van der Waals surface area (Å²) in [4.78, 5) is 9.64. The maximum Gasteiger partial charge on any atom is 0.187 e. The van der Waals surface area contributed by atoms with Crippen molar-refractivity contribution in [2.75, 3.05) is 13.2 Å². The number of carbonyl (C=O) groups excluding carboxylic acids is 1. The molecule has 0 aromatic heterocycles. The molecule has 0 rings (SSSR count). The van der Waals surface area contributed by atoms with Gasteiger partial charge in [0.2, 0.25) is 0 Å². The second-order valence-electron chi connectivity index (χ2n) is 1.60. The van der Waals surface area contributed by atoms with Crippen molar-refractivity contribution in [1.82, 2.24) is 0 Å². The lowest BCUT2D eigenvalue weighted by molar-refractivity contribution is -0.111. The molecule has 0 unspecified atom stereocenters. The van der Waals surface area contributed by atoms with Gasteiger partial charge in [-0.1, -0.05) is 13.3 Å². The van der Waals surface area contributed by atoms with Crippen LogP contribution in [0, 0.1) is 0 Å². The Bertz CT molecular complexity index is 57.0. The number of unbranched alkanes of at least 4 members (excludes halogenated alkanes) is 1. The lowest BCUT2D eigenvalue weighted by Gasteiger charge is -1.94. The van der Waals surface area contributed by atoms with Gasteiger partial charge in [0, 0.05) is 6.61 Å². The SMILES string of the molecule is CCCCOCC=O.[AlH3]. The second kappa shape index (κ2) is 11.0. The summed E-state index contributed by atoms with van der Waals surface area (Å²) in [5.41, 5.74) is 0. The lowest BCUT2D eigenvalue weighted by Crippen LogP contribution is -1.96. The highest BCUT2D eigenvalue weighted by atomic mass is 27.0. The van der Waals surface area contributed by atoms with Crippen molar-refractivity contribution in [1.29, 1.82) is 0 Å². The summed E-state index contributed by atoms with van der Waals surface area (Å²) in [6.45, 7) is 3.06. The fourth-order valence-corrected chi connectivity index (χ4v) is 0.378. The molecule has 0 bridgehead atoms. The Morgan fingerprint density at radius 1 is 1.56 bits per heavy atom. The average Bonchev–Trinajstić information content (AvgIpc) is 1.81. The van der Waals surface area contributed by atoms with Crippen LogP contribution in [-0.2, 0) is 9.53 Å². The van der Waals surface area contributed by atoms with Gasteiger partial charge < -0.3 is 9.53 Å². The summed E-state index contributed by atoms with van der Waals surface area (Å²) >= 11 is 0. The van der Waals surface area contributed by atoms with E-state index in [1.807, 2.05) is 0 Å². The van der Waals surface area contributed by atoms with Gasteiger partial charge in [-0.3, -0.25) is 0 Å². The van der Waals surface area contributed by atoms with Crippen LogP contribution < -0.4 is 0 Å². The van der Waals surface area contributed by atoms with Crippen LogP contribution in [0.4, 0.5) is 0 Å². The van der Waals surface area contributed by atoms with Crippen LogP contribution in [0.5, 0.6) is 0 Å². The molecule has 0 aromatic carbocycles. The third kappa shape index (κ3) is 11.6. The summed E-state index contributed by atoms with van der Waals surface area (Å²) in [6.07, 6.45) is 2.95. The Morgan fingerprint density at radius 3 is 2.67 bits per heavy atom. The fraction of sp³-hybridized carbons (Fsp3) is 0.833. The third-order valence-electron chi connectivity index (χ3n) is 0.828. The zero-order valence-electron chi connectivity index (χ0n) is 5.22. The minimum atomic E-state index is 0. The Hall–Kier alpha value is 0.162. The van der Waals surface area contributed by atoms with Crippen molar-refractivity contribution in [2.24, 2.45) is 0 Å². The monoisotopic (exact) mass is 146 g/mol. The maximum atomic E-state index is 9.64. The van der Waals surface area contributed by atoms with Crippen LogP contribution in [0.1, 0.15) is 19.8 Å². The summed E-state index contributed by atoms with van der Waals surface area (Å²) in [5.74, 6) is 0. The van der Waals surface area contributed by atoms with Crippen molar-refractivity contribution in [3.63, 3.8) is 0 Å². The zero-order chi connectivity index (χ0) is 6.24. The van der Waals surface area contributed by atoms with E-state index in [0.717, 1.165) is 25.7 Å². The van der Waals surface area contributed by atoms with Gasteiger partial charge in [0.15, 0.2) is 17.4 Å². The molecular weight excluding hydrogens is 131 g/mol. The first-order valence-corrected chi connectivity index (χ1v) is 2.93. The third-order valence-corrected chi connectivity index (χ3v) is 0.828. The van der Waals surface area contributed by atoms with Crippen molar-refractivity contribution < 1.29 is 9.53 Å². The van der Waals surface area contributed by atoms with Gasteiger partial charge in [0.05, 0.1) is 0 Å². The van der Waals surface area contributed by atoms with Crippen LogP contribution in [0.3, 0.4) is 0 Å². The van der Waals surface area contributed by atoms with Gasteiger partial charge in [-0.25, -0.2) is 0 Å². The smallest absolute Gasteiger partial charge is 0.187 e. The normalized spacial score (nSPS) is 8.11. The largest absolute Gasteiger partial charge is 0.374 e. The molecule has 0 aliphatic heterocycles. The molecule has 0 amide bonds. The predicted molar refractivity (Wildman–Crippen MR) is 41.7 cm³/mol. The molecule has 0 spiro atoms. The van der Waals surface area contributed by atoms with Crippen LogP contribution in [-0.4, -0.2) is 36.9 Å². The molecule has 0 aliphatic carbocycles. The van der Waals surface area contributed by atoms with E-state index in [1.165, 1.54) is 0 Å². The van der Waals surface area contributed by atoms with Crippen molar-refractivity contribution in [3.8, 4) is 0 Å². The zero-order valence-corrected chi connectivity index (χ0v) is 5.22. The van der Waals surface area contributed by atoms with Crippen LogP contribution in [0.2, 0.25) is 0 Å². The number of rotatable bonds is 5. The molecule has 0 N–H and O–H groups in total. The Balaban J connectivity index is 0. The fourth-order valence-electron chi connectivity index (χ4n) is 0.378. The van der Waals surface area contributed by atoms with Gasteiger partial charge in [-0.15, -0.1) is 0 Å². The van der Waals surface area contributed by atoms with Crippen LogP contribution >= 0.6 is 0 Å². The number of ether oxygens (including phenoxy) is 1. The molecule has 54 valence electrons. The summed E-state index contributed by atoms with van der Waals surface area (Å²) in [7, 11) is 0. The van der Waals surface area contributed by atoms with Crippen molar-refractivity contribution in [2.45, 2.75) is 19.8 Å². The lowest BCUT2D eigenvalue weighted by atomic mass is 10.4. The molecule has 0 aromatic rings. The minimum absolute atomic E-state index is 0. The standard InChI is InChI=1S/C6H12O2.Al.3H/c1-2-3-5-8-6-4-7;;;;/h4H,2-3,5-6H2,1H3;;;;. The first-order chi connectivity index (χ1) is 3.91. The maximum absolute atomic E-state index is 9.64. The number of aldehydes is 1. The Labute approximate surface area is 66.7 Å². The van der Waals surface area contributed by atoms with Crippen LogP contribution in [0.25, 0.3) is 0 Å². The molecule has 9 heavy (non-hydrogen) atoms. The highest BCUT2D eigenvalue weighted by Crippen LogP contribution is 1.85. The van der Waals surface area contributed by atoms with Gasteiger partial charge in [-0.2, -0.15) is 0 Å². The molecule has 0 radical (unpaired) electrons. The summed E-state index contributed by atoms with van der Waals surface area (Å²) in [5, 5.41) is 0. The van der Waals surface area contributed by atoms with E-state index in [1.54, 1.807) is 0 Å². The van der Waals surface area contributed by atoms with Gasteiger partial charge in [0.25, 0.3) is 0 Å². The highest BCUT2D eigenvalue weighted by molar-refractivity contribution is 5.75. The molecule has 0 saturated carbocycles. The Kier molecular flexibility index (Phi) is 14.6. The van der Waals surface area contributed by atoms with E-state index in [4.69, 9.17) is 4.74 Å². The average molecular weight is 146 g/mol. The number of hydrogen-bond acceptors (Lipinski definition) is 2. The molecule has 0 fully saturated rings. The van der Waals surface area contributed by atoms with Crippen molar-refractivity contribution >= 4 is 23.6 Å². The first kappa shape index (κ1) is 11.9. The summed E-state index contributed by atoms with van der Waals surface area (Å²) in [6, 6.07) is 0.